The number of benzene rings is 1. The Morgan fingerprint density at radius 3 is 2.53 bits per heavy atom. The quantitative estimate of drug-likeness (QED) is 0.855. The topological polar surface area (TPSA) is 30.5 Å². The van der Waals surface area contributed by atoms with E-state index in [0.29, 0.717) is 12.0 Å². The minimum atomic E-state index is 0.555. The molecule has 0 amide bonds. The highest BCUT2D eigenvalue weighted by Crippen LogP contribution is 2.46. The van der Waals surface area contributed by atoms with E-state index in [-0.39, 0.29) is 0 Å². The summed E-state index contributed by atoms with van der Waals surface area (Å²) in [6.45, 7) is 5.49. The number of rotatable bonds is 6. The van der Waals surface area contributed by atoms with Crippen molar-refractivity contribution in [2.75, 3.05) is 20.8 Å². The van der Waals surface area contributed by atoms with Gasteiger partial charge in [-0.15, -0.1) is 0 Å². The molecule has 0 saturated heterocycles. The Bertz CT molecular complexity index is 417. The van der Waals surface area contributed by atoms with Gasteiger partial charge in [-0.1, -0.05) is 19.9 Å². The molecule has 0 aliphatic heterocycles. The van der Waals surface area contributed by atoms with Gasteiger partial charge in [-0.05, 0) is 42.9 Å². The average molecular weight is 263 g/mol. The second kappa shape index (κ2) is 6.29. The van der Waals surface area contributed by atoms with E-state index in [1.165, 1.54) is 18.4 Å². The van der Waals surface area contributed by atoms with E-state index >= 15 is 0 Å². The summed E-state index contributed by atoms with van der Waals surface area (Å²) in [5.74, 6) is 3.16. The largest absolute Gasteiger partial charge is 0.497 e. The van der Waals surface area contributed by atoms with Crippen LogP contribution in [0.1, 0.15) is 38.2 Å². The Morgan fingerprint density at radius 2 is 2.00 bits per heavy atom. The molecule has 1 aliphatic rings. The summed E-state index contributed by atoms with van der Waals surface area (Å²) in [5, 5.41) is 3.54. The van der Waals surface area contributed by atoms with Gasteiger partial charge in [-0.3, -0.25) is 0 Å². The number of hydrogen-bond acceptors (Lipinski definition) is 3. The van der Waals surface area contributed by atoms with E-state index in [1.807, 2.05) is 12.1 Å². The van der Waals surface area contributed by atoms with Crippen LogP contribution in [0.5, 0.6) is 11.5 Å². The van der Waals surface area contributed by atoms with Crippen LogP contribution in [0.2, 0.25) is 0 Å². The molecule has 0 bridgehead atoms. The molecule has 1 N–H and O–H groups in total. The van der Waals surface area contributed by atoms with Crippen LogP contribution in [0.15, 0.2) is 18.2 Å². The molecule has 2 unspecified atom stereocenters. The van der Waals surface area contributed by atoms with E-state index < -0.39 is 0 Å². The Hall–Kier alpha value is -1.22. The van der Waals surface area contributed by atoms with Crippen molar-refractivity contribution in [3.8, 4) is 11.5 Å². The minimum absolute atomic E-state index is 0.555. The monoisotopic (exact) mass is 263 g/mol. The van der Waals surface area contributed by atoms with Gasteiger partial charge in [0.05, 0.1) is 14.2 Å². The smallest absolute Gasteiger partial charge is 0.126 e. The molecule has 1 saturated carbocycles. The first kappa shape index (κ1) is 14.2. The molecule has 0 spiro atoms. The third-order valence-electron chi connectivity index (χ3n) is 4.05. The van der Waals surface area contributed by atoms with E-state index in [4.69, 9.17) is 9.47 Å². The van der Waals surface area contributed by atoms with Gasteiger partial charge in [0.15, 0.2) is 0 Å². The van der Waals surface area contributed by atoms with Gasteiger partial charge in [0.1, 0.15) is 11.5 Å². The standard InChI is InChI=1S/C16H25NO2/c1-11(2)17-10-12-5-7-14(12)15-8-6-13(18-3)9-16(15)19-4/h6,8-9,11-12,14,17H,5,7,10H2,1-4H3. The van der Waals surface area contributed by atoms with Crippen molar-refractivity contribution < 1.29 is 9.47 Å². The molecule has 106 valence electrons. The molecule has 2 rings (SSSR count). The highest BCUT2D eigenvalue weighted by Gasteiger charge is 2.33. The molecule has 3 heteroatoms. The van der Waals surface area contributed by atoms with Crippen molar-refractivity contribution in [2.45, 2.75) is 38.6 Å². The van der Waals surface area contributed by atoms with Gasteiger partial charge >= 0.3 is 0 Å². The molecule has 1 aromatic rings. The van der Waals surface area contributed by atoms with Gasteiger partial charge in [-0.2, -0.15) is 0 Å². The number of ether oxygens (including phenoxy) is 2. The van der Waals surface area contributed by atoms with Crippen LogP contribution in [0.25, 0.3) is 0 Å². The Labute approximate surface area is 116 Å². The summed E-state index contributed by atoms with van der Waals surface area (Å²) in [7, 11) is 3.42. The van der Waals surface area contributed by atoms with Crippen LogP contribution in [0.3, 0.4) is 0 Å². The highest BCUT2D eigenvalue weighted by atomic mass is 16.5. The van der Waals surface area contributed by atoms with Crippen LogP contribution in [0.4, 0.5) is 0 Å². The third kappa shape index (κ3) is 3.21. The van der Waals surface area contributed by atoms with Crippen LogP contribution in [-0.2, 0) is 0 Å². The zero-order chi connectivity index (χ0) is 13.8. The first-order valence-electron chi connectivity index (χ1n) is 7.11. The maximum atomic E-state index is 5.52. The van der Waals surface area contributed by atoms with Crippen LogP contribution in [-0.4, -0.2) is 26.8 Å². The van der Waals surface area contributed by atoms with Gasteiger partial charge in [-0.25, -0.2) is 0 Å². The molecule has 2 atom stereocenters. The van der Waals surface area contributed by atoms with E-state index in [2.05, 4.69) is 25.2 Å². The molecule has 0 aromatic heterocycles. The van der Waals surface area contributed by atoms with Gasteiger partial charge < -0.3 is 14.8 Å². The lowest BCUT2D eigenvalue weighted by atomic mass is 9.69. The summed E-state index contributed by atoms with van der Waals surface area (Å²) in [4.78, 5) is 0. The van der Waals surface area contributed by atoms with Gasteiger partial charge in [0.25, 0.3) is 0 Å². The zero-order valence-corrected chi connectivity index (χ0v) is 12.4. The Morgan fingerprint density at radius 1 is 1.21 bits per heavy atom. The lowest BCUT2D eigenvalue weighted by Crippen LogP contribution is -2.36. The van der Waals surface area contributed by atoms with Crippen LogP contribution >= 0.6 is 0 Å². The summed E-state index contributed by atoms with van der Waals surface area (Å²) in [5.41, 5.74) is 1.32. The van der Waals surface area contributed by atoms with Crippen molar-refractivity contribution in [1.82, 2.24) is 5.32 Å². The fourth-order valence-electron chi connectivity index (χ4n) is 2.73. The van der Waals surface area contributed by atoms with Crippen molar-refractivity contribution in [3.63, 3.8) is 0 Å². The van der Waals surface area contributed by atoms with Crippen molar-refractivity contribution in [1.29, 1.82) is 0 Å². The van der Waals surface area contributed by atoms with Gasteiger partial charge in [0, 0.05) is 12.1 Å². The first-order chi connectivity index (χ1) is 9.15. The molecular weight excluding hydrogens is 238 g/mol. The average Bonchev–Trinajstić information content (AvgIpc) is 2.37. The maximum Gasteiger partial charge on any atom is 0.126 e. The Kier molecular flexibility index (Phi) is 4.70. The second-order valence-electron chi connectivity index (χ2n) is 5.61. The summed E-state index contributed by atoms with van der Waals surface area (Å²) < 4.78 is 10.8. The summed E-state index contributed by atoms with van der Waals surface area (Å²) in [6.07, 6.45) is 2.56. The van der Waals surface area contributed by atoms with Crippen molar-refractivity contribution in [3.05, 3.63) is 23.8 Å². The van der Waals surface area contributed by atoms with Crippen LogP contribution in [0, 0.1) is 5.92 Å². The summed E-state index contributed by atoms with van der Waals surface area (Å²) >= 11 is 0. The van der Waals surface area contributed by atoms with Gasteiger partial charge in [0.2, 0.25) is 0 Å². The Balaban J connectivity index is 2.08. The molecule has 0 heterocycles. The third-order valence-corrected chi connectivity index (χ3v) is 4.05. The minimum Gasteiger partial charge on any atom is -0.497 e. The number of hydrogen-bond donors (Lipinski definition) is 1. The molecule has 1 aliphatic carbocycles. The van der Waals surface area contributed by atoms with Crippen molar-refractivity contribution in [2.24, 2.45) is 5.92 Å². The normalized spacial score (nSPS) is 22.2. The zero-order valence-electron chi connectivity index (χ0n) is 12.4. The van der Waals surface area contributed by atoms with Crippen LogP contribution < -0.4 is 14.8 Å². The molecule has 1 fully saturated rings. The predicted octanol–water partition coefficient (Wildman–Crippen LogP) is 3.20. The van der Waals surface area contributed by atoms with E-state index in [1.54, 1.807) is 14.2 Å². The number of methoxy groups -OCH3 is 2. The summed E-state index contributed by atoms with van der Waals surface area (Å²) in [6, 6.07) is 6.73. The fraction of sp³-hybridized carbons (Fsp3) is 0.625. The highest BCUT2D eigenvalue weighted by molar-refractivity contribution is 5.43. The molecule has 1 aromatic carbocycles. The predicted molar refractivity (Wildman–Crippen MR) is 78.1 cm³/mol. The fourth-order valence-corrected chi connectivity index (χ4v) is 2.73. The lowest BCUT2D eigenvalue weighted by molar-refractivity contribution is 0.235. The molecule has 3 nitrogen and oxygen atoms in total. The first-order valence-corrected chi connectivity index (χ1v) is 7.11. The lowest BCUT2D eigenvalue weighted by Gasteiger charge is -2.38. The van der Waals surface area contributed by atoms with E-state index in [9.17, 15) is 0 Å². The molecule has 0 radical (unpaired) electrons. The second-order valence-corrected chi connectivity index (χ2v) is 5.61. The van der Waals surface area contributed by atoms with Crippen molar-refractivity contribution >= 4 is 0 Å². The van der Waals surface area contributed by atoms with E-state index in [0.717, 1.165) is 24.0 Å². The molecule has 19 heavy (non-hydrogen) atoms. The maximum absolute atomic E-state index is 5.52. The molecular formula is C16H25NO2. The number of nitrogens with one attached hydrogen (secondary N) is 1. The SMILES string of the molecule is COc1ccc(C2CCC2CNC(C)C)c(OC)c1.